The van der Waals surface area contributed by atoms with E-state index in [1.807, 2.05) is 0 Å². The maximum absolute atomic E-state index is 14.3. The van der Waals surface area contributed by atoms with E-state index in [4.69, 9.17) is 9.47 Å². The molecule has 1 N–H and O–H groups in total. The standard InChI is InChI=1S/C16H17F2N3O3/c1-11-4-3-5-12(10-11)16(17,18)15(22)21-13-14(20-7-6-19-13)24-9-8-23-2/h3-7,10H,8-9H2,1-2H3,(H,19,21,22). The van der Waals surface area contributed by atoms with Gasteiger partial charge in [-0.3, -0.25) is 4.79 Å². The lowest BCUT2D eigenvalue weighted by Crippen LogP contribution is -2.32. The number of alkyl halides is 2. The molecule has 0 unspecified atom stereocenters. The second-order valence-corrected chi connectivity index (χ2v) is 4.95. The molecule has 1 amide bonds. The van der Waals surface area contributed by atoms with Gasteiger partial charge in [0, 0.05) is 25.1 Å². The fraction of sp³-hybridized carbons (Fsp3) is 0.312. The van der Waals surface area contributed by atoms with E-state index >= 15 is 0 Å². The van der Waals surface area contributed by atoms with Crippen molar-refractivity contribution < 1.29 is 23.0 Å². The Morgan fingerprint density at radius 3 is 2.71 bits per heavy atom. The zero-order chi connectivity index (χ0) is 17.6. The summed E-state index contributed by atoms with van der Waals surface area (Å²) in [6.07, 6.45) is 2.60. The minimum atomic E-state index is -3.71. The van der Waals surface area contributed by atoms with E-state index in [1.165, 1.54) is 37.7 Å². The highest BCUT2D eigenvalue weighted by Gasteiger charge is 2.41. The lowest BCUT2D eigenvalue weighted by atomic mass is 10.1. The molecule has 6 nitrogen and oxygen atoms in total. The van der Waals surface area contributed by atoms with Crippen molar-refractivity contribution in [3.63, 3.8) is 0 Å². The molecular weight excluding hydrogens is 320 g/mol. The lowest BCUT2D eigenvalue weighted by Gasteiger charge is -2.17. The highest BCUT2D eigenvalue weighted by molar-refractivity contribution is 5.96. The molecule has 1 heterocycles. The number of aromatic nitrogens is 2. The second-order valence-electron chi connectivity index (χ2n) is 4.95. The normalized spacial score (nSPS) is 11.2. The average molecular weight is 337 g/mol. The van der Waals surface area contributed by atoms with Gasteiger partial charge in [-0.25, -0.2) is 9.97 Å². The van der Waals surface area contributed by atoms with Crippen molar-refractivity contribution >= 4 is 11.7 Å². The van der Waals surface area contributed by atoms with Gasteiger partial charge in [-0.1, -0.05) is 23.8 Å². The van der Waals surface area contributed by atoms with Crippen molar-refractivity contribution in [1.29, 1.82) is 0 Å². The van der Waals surface area contributed by atoms with Crippen molar-refractivity contribution in [2.75, 3.05) is 25.6 Å². The van der Waals surface area contributed by atoms with Crippen molar-refractivity contribution in [2.24, 2.45) is 0 Å². The van der Waals surface area contributed by atoms with Gasteiger partial charge in [0.15, 0.2) is 5.82 Å². The van der Waals surface area contributed by atoms with Crippen LogP contribution in [-0.2, 0) is 15.5 Å². The molecule has 8 heteroatoms. The van der Waals surface area contributed by atoms with Gasteiger partial charge < -0.3 is 14.8 Å². The molecule has 0 saturated carbocycles. The highest BCUT2D eigenvalue weighted by Crippen LogP contribution is 2.31. The molecule has 24 heavy (non-hydrogen) atoms. The van der Waals surface area contributed by atoms with E-state index in [2.05, 4.69) is 15.3 Å². The van der Waals surface area contributed by atoms with E-state index in [0.29, 0.717) is 5.56 Å². The number of anilines is 1. The summed E-state index contributed by atoms with van der Waals surface area (Å²) in [6.45, 7) is 2.09. The molecule has 0 aliphatic heterocycles. The molecule has 0 saturated heterocycles. The summed E-state index contributed by atoms with van der Waals surface area (Å²) in [5.41, 5.74) is 0.230. The van der Waals surface area contributed by atoms with Crippen LogP contribution in [0.5, 0.6) is 5.88 Å². The third-order valence-corrected chi connectivity index (χ3v) is 3.09. The Morgan fingerprint density at radius 2 is 2.00 bits per heavy atom. The fourth-order valence-corrected chi connectivity index (χ4v) is 1.90. The number of carbonyl (C=O) groups is 1. The Bertz CT molecular complexity index is 710. The number of halogens is 2. The van der Waals surface area contributed by atoms with E-state index in [0.717, 1.165) is 0 Å². The van der Waals surface area contributed by atoms with E-state index in [9.17, 15) is 13.6 Å². The fourth-order valence-electron chi connectivity index (χ4n) is 1.90. The summed E-state index contributed by atoms with van der Waals surface area (Å²) in [5, 5.41) is 2.07. The zero-order valence-corrected chi connectivity index (χ0v) is 13.3. The number of rotatable bonds is 7. The maximum Gasteiger partial charge on any atom is 0.350 e. The smallest absolute Gasteiger partial charge is 0.350 e. The molecule has 0 atom stereocenters. The zero-order valence-electron chi connectivity index (χ0n) is 13.3. The molecule has 128 valence electrons. The molecule has 2 rings (SSSR count). The van der Waals surface area contributed by atoms with E-state index in [1.54, 1.807) is 13.0 Å². The Morgan fingerprint density at radius 1 is 1.25 bits per heavy atom. The maximum atomic E-state index is 14.3. The van der Waals surface area contributed by atoms with Crippen LogP contribution >= 0.6 is 0 Å². The Labute approximate surface area is 137 Å². The Kier molecular flexibility index (Phi) is 5.75. The molecule has 0 aliphatic carbocycles. The van der Waals surface area contributed by atoms with Crippen LogP contribution in [0.4, 0.5) is 14.6 Å². The minimum Gasteiger partial charge on any atom is -0.473 e. The average Bonchev–Trinajstić information content (AvgIpc) is 2.56. The summed E-state index contributed by atoms with van der Waals surface area (Å²) in [7, 11) is 1.49. The molecular formula is C16H17F2N3O3. The van der Waals surface area contributed by atoms with Gasteiger partial charge >= 0.3 is 11.8 Å². The number of nitrogens with one attached hydrogen (secondary N) is 1. The molecule has 0 bridgehead atoms. The Hall–Kier alpha value is -2.61. The molecule has 0 fully saturated rings. The van der Waals surface area contributed by atoms with Crippen molar-refractivity contribution in [3.8, 4) is 5.88 Å². The third kappa shape index (κ3) is 4.23. The summed E-state index contributed by atoms with van der Waals surface area (Å²) < 4.78 is 38.7. The van der Waals surface area contributed by atoms with Gasteiger partial charge in [-0.2, -0.15) is 8.78 Å². The van der Waals surface area contributed by atoms with Gasteiger partial charge in [-0.15, -0.1) is 0 Å². The topological polar surface area (TPSA) is 73.3 Å². The van der Waals surface area contributed by atoms with Gasteiger partial charge in [-0.05, 0) is 13.0 Å². The van der Waals surface area contributed by atoms with Gasteiger partial charge in [0.05, 0.1) is 6.61 Å². The number of ether oxygens (including phenoxy) is 2. The van der Waals surface area contributed by atoms with Crippen molar-refractivity contribution in [1.82, 2.24) is 9.97 Å². The molecule has 0 aliphatic rings. The summed E-state index contributed by atoms with van der Waals surface area (Å²) in [5.74, 6) is -5.45. The summed E-state index contributed by atoms with van der Waals surface area (Å²) >= 11 is 0. The van der Waals surface area contributed by atoms with Crippen LogP contribution in [0.1, 0.15) is 11.1 Å². The van der Waals surface area contributed by atoms with Gasteiger partial charge in [0.2, 0.25) is 0 Å². The molecule has 0 spiro atoms. The molecule has 2 aromatic rings. The first-order chi connectivity index (χ1) is 11.4. The van der Waals surface area contributed by atoms with Crippen molar-refractivity contribution in [2.45, 2.75) is 12.8 Å². The first-order valence-corrected chi connectivity index (χ1v) is 7.14. The van der Waals surface area contributed by atoms with E-state index < -0.39 is 17.4 Å². The Balaban J connectivity index is 2.17. The second kappa shape index (κ2) is 7.78. The number of hydrogen-bond donors (Lipinski definition) is 1. The predicted molar refractivity (Wildman–Crippen MR) is 83.1 cm³/mol. The monoisotopic (exact) mass is 337 g/mol. The molecule has 1 aromatic carbocycles. The van der Waals surface area contributed by atoms with Crippen LogP contribution in [-0.4, -0.2) is 36.2 Å². The van der Waals surface area contributed by atoms with Crippen LogP contribution in [0.15, 0.2) is 36.7 Å². The van der Waals surface area contributed by atoms with Gasteiger partial charge in [0.1, 0.15) is 6.61 Å². The summed E-state index contributed by atoms with van der Waals surface area (Å²) in [6, 6.07) is 5.58. The van der Waals surface area contributed by atoms with Crippen LogP contribution in [0.3, 0.4) is 0 Å². The highest BCUT2D eigenvalue weighted by atomic mass is 19.3. The lowest BCUT2D eigenvalue weighted by molar-refractivity contribution is -0.141. The van der Waals surface area contributed by atoms with Crippen LogP contribution in [0, 0.1) is 6.92 Å². The molecule has 0 radical (unpaired) electrons. The number of benzene rings is 1. The quantitative estimate of drug-likeness (QED) is 0.786. The number of methoxy groups -OCH3 is 1. The number of nitrogens with zero attached hydrogens (tertiary/aromatic N) is 2. The van der Waals surface area contributed by atoms with E-state index in [-0.39, 0.29) is 24.9 Å². The minimum absolute atomic E-state index is 0.0528. The van der Waals surface area contributed by atoms with Crippen LogP contribution in [0.25, 0.3) is 0 Å². The van der Waals surface area contributed by atoms with Gasteiger partial charge in [0.25, 0.3) is 5.88 Å². The molecule has 1 aromatic heterocycles. The number of amides is 1. The van der Waals surface area contributed by atoms with Crippen LogP contribution in [0.2, 0.25) is 0 Å². The predicted octanol–water partition coefficient (Wildman–Crippen LogP) is 2.54. The number of aryl methyl sites for hydroxylation is 1. The van der Waals surface area contributed by atoms with Crippen molar-refractivity contribution in [3.05, 3.63) is 47.8 Å². The summed E-state index contributed by atoms with van der Waals surface area (Å²) in [4.78, 5) is 19.7. The third-order valence-electron chi connectivity index (χ3n) is 3.09. The SMILES string of the molecule is COCCOc1nccnc1NC(=O)C(F)(F)c1cccc(C)c1. The number of hydrogen-bond acceptors (Lipinski definition) is 5. The first kappa shape index (κ1) is 17.7. The number of carbonyl (C=O) groups excluding carboxylic acids is 1. The first-order valence-electron chi connectivity index (χ1n) is 7.14. The largest absolute Gasteiger partial charge is 0.473 e. The van der Waals surface area contributed by atoms with Crippen LogP contribution < -0.4 is 10.1 Å².